The fourth-order valence-corrected chi connectivity index (χ4v) is 11.9. The molecule has 84 heavy (non-hydrogen) atoms. The molecule has 0 aromatic heterocycles. The molecule has 0 heterocycles. The van der Waals surface area contributed by atoms with Crippen molar-refractivity contribution >= 4 is 41.8 Å². The summed E-state index contributed by atoms with van der Waals surface area (Å²) in [6, 6.07) is 0. The number of aliphatic carboxylic acids is 3. The molecular formula is C67H122O17. The van der Waals surface area contributed by atoms with Gasteiger partial charge in [0.2, 0.25) is 0 Å². The normalized spacial score (nSPS) is 12.5. The summed E-state index contributed by atoms with van der Waals surface area (Å²) in [5.74, 6) is -4.84. The predicted octanol–water partition coefficient (Wildman–Crippen LogP) is 15.0. The summed E-state index contributed by atoms with van der Waals surface area (Å²) in [6.07, 6.45) is 33.2. The van der Waals surface area contributed by atoms with Crippen molar-refractivity contribution < 1.29 is 83.1 Å². The lowest BCUT2D eigenvalue weighted by molar-refractivity contribution is -0.171. The van der Waals surface area contributed by atoms with Crippen molar-refractivity contribution in [2.75, 3.05) is 46.2 Å². The van der Waals surface area contributed by atoms with Gasteiger partial charge in [-0.2, -0.15) is 0 Å². The van der Waals surface area contributed by atoms with E-state index in [4.69, 9.17) is 18.9 Å². The van der Waals surface area contributed by atoms with Gasteiger partial charge < -0.3 is 49.6 Å². The van der Waals surface area contributed by atoms with E-state index >= 15 is 0 Å². The Kier molecular flexibility index (Phi) is 51.0. The number of carboxylic acids is 3. The summed E-state index contributed by atoms with van der Waals surface area (Å²) in [5.41, 5.74) is -2.66. The Hall–Kier alpha value is -3.83. The quantitative estimate of drug-likeness (QED) is 0.0188. The number of hydrogen-bond acceptors (Lipinski definition) is 14. The molecule has 0 rings (SSSR count). The first-order chi connectivity index (χ1) is 40.5. The maximum atomic E-state index is 13.6. The molecular weight excluding hydrogens is 1080 g/mol. The monoisotopic (exact) mass is 1200 g/mol. The van der Waals surface area contributed by atoms with E-state index in [1.54, 1.807) is 0 Å². The molecule has 0 saturated carbocycles. The van der Waals surface area contributed by atoms with Crippen molar-refractivity contribution in [3.8, 4) is 0 Å². The lowest BCUT2D eigenvalue weighted by Crippen LogP contribution is -2.52. The molecule has 0 aromatic rings. The van der Waals surface area contributed by atoms with Crippen LogP contribution in [0, 0.1) is 22.2 Å². The SMILES string of the molecule is CCCCCCCC(=O)OCC(COC(=O)CCCCCCC)(COC(=O)CCCCCCC)COC(=O)CCCCCCCC(CO)(C(CO)CO)C(CCCCCCCC(=O)O)(CCCCCCCC(=O)O)CCCCCCCC(=O)O. The van der Waals surface area contributed by atoms with Gasteiger partial charge in [-0.1, -0.05) is 201 Å². The standard InChI is InChI=1S/C67H122O17/c1-4-7-10-17-31-42-61(77)81-53-65(54-82-62(78)43-32-18-11-8-5-2,55-83-63(79)44-33-19-12-9-6-3)56-84-64(80)45-34-23-16-27-38-49-67(52-70,57(50-68)51-69)66(46-35-24-13-20-28-39-58(71)72,47-36-25-14-21-29-40-59(73)74)48-37-26-15-22-30-41-60(75)76/h57,68-70H,4-56H2,1-3H3,(H,71,72)(H,73,74)(H,75,76). The highest BCUT2D eigenvalue weighted by Crippen LogP contribution is 2.57. The number of carbonyl (C=O) groups excluding carboxylic acids is 4. The van der Waals surface area contributed by atoms with Gasteiger partial charge in [-0.25, -0.2) is 0 Å². The van der Waals surface area contributed by atoms with Crippen LogP contribution in [0.25, 0.3) is 0 Å². The summed E-state index contributed by atoms with van der Waals surface area (Å²) < 4.78 is 23.3. The van der Waals surface area contributed by atoms with Crippen LogP contribution < -0.4 is 0 Å². The Bertz CT molecular complexity index is 1540. The van der Waals surface area contributed by atoms with Crippen molar-refractivity contribution in [1.29, 1.82) is 0 Å². The first kappa shape index (κ1) is 80.2. The molecule has 0 bridgehead atoms. The van der Waals surface area contributed by atoms with E-state index in [9.17, 15) is 64.2 Å². The maximum Gasteiger partial charge on any atom is 0.305 e. The van der Waals surface area contributed by atoms with Gasteiger partial charge in [0.15, 0.2) is 0 Å². The Morgan fingerprint density at radius 1 is 0.310 bits per heavy atom. The predicted molar refractivity (Wildman–Crippen MR) is 328 cm³/mol. The molecule has 1 unspecified atom stereocenters. The Balaban J connectivity index is 6.46. The summed E-state index contributed by atoms with van der Waals surface area (Å²) in [5, 5.41) is 61.4. The number of rotatable bonds is 63. The van der Waals surface area contributed by atoms with Crippen LogP contribution in [0.15, 0.2) is 0 Å². The minimum absolute atomic E-state index is 0.0897. The number of hydrogen-bond donors (Lipinski definition) is 6. The minimum Gasteiger partial charge on any atom is -0.481 e. The van der Waals surface area contributed by atoms with E-state index in [1.807, 2.05) is 0 Å². The van der Waals surface area contributed by atoms with Crippen LogP contribution >= 0.6 is 0 Å². The van der Waals surface area contributed by atoms with Gasteiger partial charge in [0.25, 0.3) is 0 Å². The summed E-state index contributed by atoms with van der Waals surface area (Å²) in [4.78, 5) is 86.5. The van der Waals surface area contributed by atoms with Gasteiger partial charge in [-0.05, 0) is 76.0 Å². The number of unbranched alkanes of at least 4 members (excludes halogenated alkanes) is 28. The van der Waals surface area contributed by atoms with Crippen molar-refractivity contribution in [3.63, 3.8) is 0 Å². The molecule has 0 aliphatic rings. The zero-order chi connectivity index (χ0) is 62.4. The molecule has 0 aliphatic carbocycles. The molecule has 1 atom stereocenters. The smallest absolute Gasteiger partial charge is 0.305 e. The van der Waals surface area contributed by atoms with Crippen LogP contribution in [0.1, 0.15) is 316 Å². The lowest BCUT2D eigenvalue weighted by atomic mass is 9.50. The van der Waals surface area contributed by atoms with Crippen molar-refractivity contribution in [2.45, 2.75) is 316 Å². The highest BCUT2D eigenvalue weighted by molar-refractivity contribution is 5.71. The highest BCUT2D eigenvalue weighted by atomic mass is 16.6. The molecule has 0 spiro atoms. The van der Waals surface area contributed by atoms with Gasteiger partial charge in [0.05, 0.1) is 0 Å². The average molecular weight is 1200 g/mol. The maximum absolute atomic E-state index is 13.6. The van der Waals surface area contributed by atoms with Crippen LogP contribution in [0.2, 0.25) is 0 Å². The zero-order valence-corrected chi connectivity index (χ0v) is 53.2. The van der Waals surface area contributed by atoms with E-state index in [1.165, 1.54) is 0 Å². The van der Waals surface area contributed by atoms with Crippen LogP contribution in [0.3, 0.4) is 0 Å². The second-order valence-electron chi connectivity index (χ2n) is 24.5. The minimum atomic E-state index is -1.33. The van der Waals surface area contributed by atoms with Crippen LogP contribution in [0.5, 0.6) is 0 Å². The molecule has 6 N–H and O–H groups in total. The molecule has 0 saturated heterocycles. The number of ether oxygens (including phenoxy) is 4. The van der Waals surface area contributed by atoms with Gasteiger partial charge in [0.1, 0.15) is 31.8 Å². The van der Waals surface area contributed by atoms with Crippen LogP contribution in [-0.2, 0) is 52.5 Å². The van der Waals surface area contributed by atoms with Crippen molar-refractivity contribution in [2.24, 2.45) is 22.2 Å². The number of aliphatic hydroxyl groups is 3. The third-order valence-corrected chi connectivity index (χ3v) is 17.3. The van der Waals surface area contributed by atoms with Gasteiger partial charge in [-0.15, -0.1) is 0 Å². The van der Waals surface area contributed by atoms with Gasteiger partial charge in [-0.3, -0.25) is 33.6 Å². The van der Waals surface area contributed by atoms with E-state index in [0.717, 1.165) is 186 Å². The summed E-state index contributed by atoms with van der Waals surface area (Å²) in [6.45, 7) is 4.38. The van der Waals surface area contributed by atoms with Crippen LogP contribution in [-0.4, -0.2) is 119 Å². The zero-order valence-electron chi connectivity index (χ0n) is 53.2. The third-order valence-electron chi connectivity index (χ3n) is 17.3. The van der Waals surface area contributed by atoms with E-state index in [2.05, 4.69) is 20.8 Å². The van der Waals surface area contributed by atoms with Gasteiger partial charge >= 0.3 is 41.8 Å². The third kappa shape index (κ3) is 40.5. The molecule has 0 aliphatic heterocycles. The number of aliphatic hydroxyl groups excluding tert-OH is 3. The molecule has 0 radical (unpaired) electrons. The largest absolute Gasteiger partial charge is 0.481 e. The fraction of sp³-hybridized carbons (Fsp3) is 0.896. The summed E-state index contributed by atoms with van der Waals surface area (Å²) >= 11 is 0. The molecule has 0 fully saturated rings. The Morgan fingerprint density at radius 2 is 0.536 bits per heavy atom. The van der Waals surface area contributed by atoms with E-state index in [-0.39, 0.29) is 91.2 Å². The lowest BCUT2D eigenvalue weighted by Gasteiger charge is -2.55. The topological polar surface area (TPSA) is 278 Å². The van der Waals surface area contributed by atoms with E-state index in [0.29, 0.717) is 64.2 Å². The number of esters is 4. The number of carboxylic acid groups (broad SMARTS) is 3. The highest BCUT2D eigenvalue weighted by Gasteiger charge is 2.53. The Labute approximate surface area is 507 Å². The average Bonchev–Trinajstić information content (AvgIpc) is 1.19. The second-order valence-corrected chi connectivity index (χ2v) is 24.5. The molecule has 0 aromatic carbocycles. The number of carbonyl (C=O) groups is 7. The molecule has 17 heteroatoms. The molecule has 492 valence electrons. The first-order valence-electron chi connectivity index (χ1n) is 33.7. The first-order valence-corrected chi connectivity index (χ1v) is 33.7. The molecule has 17 nitrogen and oxygen atoms in total. The van der Waals surface area contributed by atoms with Crippen molar-refractivity contribution in [1.82, 2.24) is 0 Å². The van der Waals surface area contributed by atoms with Crippen LogP contribution in [0.4, 0.5) is 0 Å². The van der Waals surface area contributed by atoms with Gasteiger partial charge in [0, 0.05) is 76.1 Å². The Morgan fingerprint density at radius 3 is 0.774 bits per heavy atom. The molecule has 0 amide bonds. The summed E-state index contributed by atoms with van der Waals surface area (Å²) in [7, 11) is 0. The van der Waals surface area contributed by atoms with Crippen molar-refractivity contribution in [3.05, 3.63) is 0 Å². The fourth-order valence-electron chi connectivity index (χ4n) is 11.9. The van der Waals surface area contributed by atoms with E-state index < -0.39 is 63.9 Å². The second kappa shape index (κ2) is 53.4.